The van der Waals surface area contributed by atoms with Gasteiger partial charge in [0.1, 0.15) is 11.1 Å². The van der Waals surface area contributed by atoms with E-state index in [4.69, 9.17) is 10.3 Å². The van der Waals surface area contributed by atoms with E-state index in [2.05, 4.69) is 0 Å². The first-order chi connectivity index (χ1) is 5.69. The number of rotatable bonds is 1. The minimum absolute atomic E-state index is 0.299. The smallest absolute Gasteiger partial charge is 0.333 e. The van der Waals surface area contributed by atoms with Gasteiger partial charge in [-0.3, -0.25) is 0 Å². The molecule has 0 aromatic carbocycles. The second-order valence-corrected chi connectivity index (χ2v) is 4.41. The summed E-state index contributed by atoms with van der Waals surface area (Å²) in [5.74, 6) is -0.937. The highest BCUT2D eigenvalue weighted by Gasteiger charge is 2.51. The SMILES string of the molecule is CC1(C)C=C(C(=O)O)C(C)(C)N1[OH2+]. The zero-order valence-corrected chi connectivity index (χ0v) is 8.38. The highest BCUT2D eigenvalue weighted by Crippen LogP contribution is 2.38. The maximum absolute atomic E-state index is 10.9. The molecule has 1 aliphatic rings. The van der Waals surface area contributed by atoms with Gasteiger partial charge in [-0.15, -0.1) is 0 Å². The van der Waals surface area contributed by atoms with Crippen LogP contribution in [0, 0.1) is 0 Å². The molecule has 1 aliphatic heterocycles. The molecule has 0 radical (unpaired) electrons. The van der Waals surface area contributed by atoms with Crippen LogP contribution >= 0.6 is 0 Å². The third-order valence-electron chi connectivity index (χ3n) is 2.52. The molecule has 0 spiro atoms. The van der Waals surface area contributed by atoms with Gasteiger partial charge in [-0.25, -0.2) is 4.79 Å². The zero-order chi connectivity index (χ0) is 10.4. The maximum atomic E-state index is 10.9. The van der Waals surface area contributed by atoms with Gasteiger partial charge in [-0.1, -0.05) is 5.06 Å². The fourth-order valence-electron chi connectivity index (χ4n) is 1.76. The lowest BCUT2D eigenvalue weighted by Crippen LogP contribution is -2.48. The lowest BCUT2D eigenvalue weighted by molar-refractivity contribution is -0.187. The average Bonchev–Trinajstić information content (AvgIpc) is 2.11. The van der Waals surface area contributed by atoms with Crippen molar-refractivity contribution in [2.75, 3.05) is 0 Å². The van der Waals surface area contributed by atoms with Crippen LogP contribution in [0.3, 0.4) is 0 Å². The van der Waals surface area contributed by atoms with Gasteiger partial charge in [0.05, 0.1) is 5.57 Å². The van der Waals surface area contributed by atoms with Crippen molar-refractivity contribution in [3.8, 4) is 0 Å². The lowest BCUT2D eigenvalue weighted by Gasteiger charge is -2.30. The number of hydroxylamine groups is 2. The molecule has 0 saturated carbocycles. The van der Waals surface area contributed by atoms with Crippen molar-refractivity contribution in [1.82, 2.24) is 5.06 Å². The van der Waals surface area contributed by atoms with Crippen LogP contribution in [0.2, 0.25) is 0 Å². The molecule has 13 heavy (non-hydrogen) atoms. The Bertz CT molecular complexity index is 279. The minimum Gasteiger partial charge on any atom is -0.478 e. The summed E-state index contributed by atoms with van der Waals surface area (Å²) >= 11 is 0. The Labute approximate surface area is 77.4 Å². The van der Waals surface area contributed by atoms with E-state index in [9.17, 15) is 4.79 Å². The van der Waals surface area contributed by atoms with Crippen molar-refractivity contribution in [3.63, 3.8) is 0 Å². The van der Waals surface area contributed by atoms with E-state index in [1.807, 2.05) is 13.8 Å². The van der Waals surface area contributed by atoms with Crippen LogP contribution in [0.5, 0.6) is 0 Å². The van der Waals surface area contributed by atoms with Crippen LogP contribution in [0.15, 0.2) is 11.6 Å². The quantitative estimate of drug-likeness (QED) is 0.607. The minimum atomic E-state index is -0.937. The van der Waals surface area contributed by atoms with Crippen LogP contribution in [0.4, 0.5) is 0 Å². The molecule has 4 nitrogen and oxygen atoms in total. The molecular formula is C9H16NO3+. The monoisotopic (exact) mass is 186 g/mol. The van der Waals surface area contributed by atoms with Crippen LogP contribution in [0.25, 0.3) is 0 Å². The molecule has 0 bridgehead atoms. The van der Waals surface area contributed by atoms with Crippen LogP contribution in [0.1, 0.15) is 27.7 Å². The van der Waals surface area contributed by atoms with Crippen molar-refractivity contribution >= 4 is 5.97 Å². The van der Waals surface area contributed by atoms with E-state index in [1.54, 1.807) is 19.9 Å². The van der Waals surface area contributed by atoms with E-state index in [0.717, 1.165) is 0 Å². The Hall–Kier alpha value is -0.870. The second kappa shape index (κ2) is 2.56. The molecule has 0 amide bonds. The molecular weight excluding hydrogens is 170 g/mol. The third kappa shape index (κ3) is 1.36. The molecule has 0 aromatic rings. The Morgan fingerprint density at radius 2 is 1.92 bits per heavy atom. The summed E-state index contributed by atoms with van der Waals surface area (Å²) in [7, 11) is 0. The van der Waals surface area contributed by atoms with Gasteiger partial charge in [-0.2, -0.15) is 0 Å². The number of aliphatic carboxylic acids is 1. The molecule has 0 unspecified atom stereocenters. The van der Waals surface area contributed by atoms with E-state index in [1.165, 1.54) is 5.06 Å². The van der Waals surface area contributed by atoms with E-state index < -0.39 is 17.0 Å². The van der Waals surface area contributed by atoms with E-state index in [0.29, 0.717) is 5.57 Å². The Balaban J connectivity index is 3.17. The summed E-state index contributed by atoms with van der Waals surface area (Å²) in [6.07, 6.45) is 1.64. The second-order valence-electron chi connectivity index (χ2n) is 4.41. The van der Waals surface area contributed by atoms with E-state index in [-0.39, 0.29) is 0 Å². The number of hydrogen-bond donors (Lipinski definition) is 1. The standard InChI is InChI=1S/C9H15NO3/c1-8(2)5-6(7(11)12)9(3,4)10(8)13/h5,13H,1-4H3,(H,11,12)/p+1. The predicted octanol–water partition coefficient (Wildman–Crippen LogP) is 0.510. The Morgan fingerprint density at radius 1 is 1.46 bits per heavy atom. The van der Waals surface area contributed by atoms with Gasteiger partial charge >= 0.3 is 5.97 Å². The highest BCUT2D eigenvalue weighted by atomic mass is 16.5. The fraction of sp³-hybridized carbons (Fsp3) is 0.667. The molecule has 0 aliphatic carbocycles. The molecule has 0 fully saturated rings. The third-order valence-corrected chi connectivity index (χ3v) is 2.52. The van der Waals surface area contributed by atoms with Crippen LogP contribution in [-0.4, -0.2) is 32.4 Å². The van der Waals surface area contributed by atoms with Crippen molar-refractivity contribution in [2.24, 2.45) is 0 Å². The van der Waals surface area contributed by atoms with Crippen molar-refractivity contribution in [3.05, 3.63) is 11.6 Å². The molecule has 4 heteroatoms. The van der Waals surface area contributed by atoms with Gasteiger partial charge in [0, 0.05) is 0 Å². The number of nitrogens with zero attached hydrogens (tertiary/aromatic N) is 1. The Morgan fingerprint density at radius 3 is 2.08 bits per heavy atom. The molecule has 0 atom stereocenters. The summed E-state index contributed by atoms with van der Waals surface area (Å²) in [5, 5.41) is 18.0. The molecule has 1 rings (SSSR count). The first-order valence-corrected chi connectivity index (χ1v) is 4.18. The van der Waals surface area contributed by atoms with Gasteiger partial charge in [0.25, 0.3) is 0 Å². The summed E-state index contributed by atoms with van der Waals surface area (Å²) in [6.45, 7) is 7.15. The van der Waals surface area contributed by atoms with Crippen molar-refractivity contribution in [2.45, 2.75) is 38.8 Å². The Kier molecular flexibility index (Phi) is 2.01. The van der Waals surface area contributed by atoms with Gasteiger partial charge < -0.3 is 10.3 Å². The molecule has 0 saturated heterocycles. The predicted molar refractivity (Wildman–Crippen MR) is 49.3 cm³/mol. The molecule has 3 N–H and O–H groups in total. The molecule has 0 aromatic heterocycles. The van der Waals surface area contributed by atoms with E-state index >= 15 is 0 Å². The summed E-state index contributed by atoms with van der Waals surface area (Å²) in [5.41, 5.74) is -0.917. The summed E-state index contributed by atoms with van der Waals surface area (Å²) in [4.78, 5) is 10.9. The number of hydrogen-bond acceptors (Lipinski definition) is 2. The number of carboxylic acid groups (broad SMARTS) is 1. The van der Waals surface area contributed by atoms with Crippen LogP contribution in [-0.2, 0) is 4.79 Å². The lowest BCUT2D eigenvalue weighted by atomic mass is 9.97. The average molecular weight is 186 g/mol. The summed E-state index contributed by atoms with van der Waals surface area (Å²) in [6, 6.07) is 0. The van der Waals surface area contributed by atoms with Crippen LogP contribution < -0.4 is 0 Å². The van der Waals surface area contributed by atoms with Gasteiger partial charge in [0.2, 0.25) is 0 Å². The topological polar surface area (TPSA) is 63.4 Å². The molecule has 1 heterocycles. The van der Waals surface area contributed by atoms with Gasteiger partial charge in [0.15, 0.2) is 0 Å². The van der Waals surface area contributed by atoms with Crippen molar-refractivity contribution < 1.29 is 15.1 Å². The summed E-state index contributed by atoms with van der Waals surface area (Å²) < 4.78 is 0. The largest absolute Gasteiger partial charge is 0.478 e. The first kappa shape index (κ1) is 10.2. The molecule has 74 valence electrons. The number of carboxylic acids is 1. The zero-order valence-electron chi connectivity index (χ0n) is 8.38. The van der Waals surface area contributed by atoms with Gasteiger partial charge in [-0.05, 0) is 33.8 Å². The maximum Gasteiger partial charge on any atom is 0.333 e. The highest BCUT2D eigenvalue weighted by molar-refractivity contribution is 5.90. The first-order valence-electron chi connectivity index (χ1n) is 4.18. The van der Waals surface area contributed by atoms with Crippen molar-refractivity contribution in [1.29, 1.82) is 0 Å². The fourth-order valence-corrected chi connectivity index (χ4v) is 1.76. The number of carbonyl (C=O) groups is 1. The normalized spacial score (nSPS) is 25.8.